The van der Waals surface area contributed by atoms with E-state index in [9.17, 15) is 13.2 Å². The van der Waals surface area contributed by atoms with Crippen molar-refractivity contribution in [2.24, 2.45) is 5.92 Å². The number of halogens is 3. The van der Waals surface area contributed by atoms with Gasteiger partial charge in [-0.3, -0.25) is 0 Å². The summed E-state index contributed by atoms with van der Waals surface area (Å²) in [4.78, 5) is 1.94. The zero-order valence-corrected chi connectivity index (χ0v) is 12.0. The molecule has 2 rings (SSSR count). The number of nitrogens with zero attached hydrogens (tertiary/aromatic N) is 1. The van der Waals surface area contributed by atoms with E-state index in [2.05, 4.69) is 12.2 Å². The molecule has 0 radical (unpaired) electrons. The quantitative estimate of drug-likeness (QED) is 0.785. The van der Waals surface area contributed by atoms with E-state index in [1.54, 1.807) is 6.07 Å². The zero-order chi connectivity index (χ0) is 14.8. The minimum Gasteiger partial charge on any atom is -0.349 e. The average molecular weight is 302 g/mol. The fourth-order valence-electron chi connectivity index (χ4n) is 2.41. The first-order chi connectivity index (χ1) is 9.38. The third-order valence-corrected chi connectivity index (χ3v) is 3.78. The molecule has 110 valence electrons. The number of para-hydroxylation sites is 1. The van der Waals surface area contributed by atoms with Gasteiger partial charge in [-0.05, 0) is 43.1 Å². The Labute approximate surface area is 122 Å². The van der Waals surface area contributed by atoms with Crippen molar-refractivity contribution in [1.29, 1.82) is 0 Å². The summed E-state index contributed by atoms with van der Waals surface area (Å²) in [5, 5.41) is 3.11. The molecule has 1 aliphatic rings. The van der Waals surface area contributed by atoms with Crippen LogP contribution in [0.25, 0.3) is 0 Å². The SMILES string of the molecule is CC1CCCN(C(=S)Nc2ccccc2C(F)(F)F)C1. The van der Waals surface area contributed by atoms with Crippen LogP contribution in [0.15, 0.2) is 24.3 Å². The monoisotopic (exact) mass is 302 g/mol. The lowest BCUT2D eigenvalue weighted by atomic mass is 10.0. The van der Waals surface area contributed by atoms with Gasteiger partial charge in [0.25, 0.3) is 0 Å². The number of piperidine rings is 1. The minimum absolute atomic E-state index is 0.0169. The van der Waals surface area contributed by atoms with E-state index in [1.165, 1.54) is 12.1 Å². The summed E-state index contributed by atoms with van der Waals surface area (Å²) < 4.78 is 38.7. The number of likely N-dealkylation sites (tertiary alicyclic amines) is 1. The number of alkyl halides is 3. The van der Waals surface area contributed by atoms with E-state index in [0.29, 0.717) is 11.0 Å². The summed E-state index contributed by atoms with van der Waals surface area (Å²) in [5.41, 5.74) is -0.671. The molecule has 1 aromatic carbocycles. The summed E-state index contributed by atoms with van der Waals surface area (Å²) in [6.45, 7) is 3.71. The predicted molar refractivity (Wildman–Crippen MR) is 77.6 cm³/mol. The molecule has 20 heavy (non-hydrogen) atoms. The predicted octanol–water partition coefficient (Wildman–Crippen LogP) is 4.13. The van der Waals surface area contributed by atoms with Crippen molar-refractivity contribution in [2.75, 3.05) is 18.4 Å². The highest BCUT2D eigenvalue weighted by Gasteiger charge is 2.33. The average Bonchev–Trinajstić information content (AvgIpc) is 2.38. The summed E-state index contributed by atoms with van der Waals surface area (Å²) >= 11 is 5.24. The van der Waals surface area contributed by atoms with Gasteiger partial charge >= 0.3 is 6.18 Å². The lowest BCUT2D eigenvalue weighted by Gasteiger charge is -2.33. The summed E-state index contributed by atoms with van der Waals surface area (Å²) in [6, 6.07) is 5.41. The molecule has 1 fully saturated rings. The van der Waals surface area contributed by atoms with E-state index in [0.717, 1.165) is 32.0 Å². The van der Waals surface area contributed by atoms with Crippen molar-refractivity contribution in [2.45, 2.75) is 25.9 Å². The molecule has 0 saturated carbocycles. The molecular weight excluding hydrogens is 285 g/mol. The van der Waals surface area contributed by atoms with Crippen LogP contribution in [-0.4, -0.2) is 23.1 Å². The molecule has 0 aliphatic carbocycles. The van der Waals surface area contributed by atoms with Crippen LogP contribution >= 0.6 is 12.2 Å². The van der Waals surface area contributed by atoms with Gasteiger partial charge in [0, 0.05) is 13.1 Å². The van der Waals surface area contributed by atoms with Crippen LogP contribution < -0.4 is 5.32 Å². The molecule has 1 N–H and O–H groups in total. The number of anilines is 1. The maximum absolute atomic E-state index is 12.9. The Kier molecular flexibility index (Phi) is 4.52. The molecule has 2 nitrogen and oxygen atoms in total. The largest absolute Gasteiger partial charge is 0.418 e. The van der Waals surface area contributed by atoms with E-state index in [-0.39, 0.29) is 5.69 Å². The number of hydrogen-bond acceptors (Lipinski definition) is 1. The topological polar surface area (TPSA) is 15.3 Å². The Hall–Kier alpha value is -1.30. The molecule has 0 bridgehead atoms. The van der Waals surface area contributed by atoms with E-state index in [1.807, 2.05) is 4.90 Å². The second-order valence-corrected chi connectivity index (χ2v) is 5.55. The molecule has 0 aromatic heterocycles. The molecule has 0 amide bonds. The van der Waals surface area contributed by atoms with Gasteiger partial charge in [-0.2, -0.15) is 13.2 Å². The number of thiocarbonyl (C=S) groups is 1. The minimum atomic E-state index is -4.38. The van der Waals surface area contributed by atoms with Gasteiger partial charge in [-0.25, -0.2) is 0 Å². The van der Waals surface area contributed by atoms with Gasteiger partial charge < -0.3 is 10.2 Å². The maximum atomic E-state index is 12.9. The zero-order valence-electron chi connectivity index (χ0n) is 11.2. The van der Waals surface area contributed by atoms with Crippen LogP contribution in [0.4, 0.5) is 18.9 Å². The van der Waals surface area contributed by atoms with Gasteiger partial charge in [0.2, 0.25) is 0 Å². The van der Waals surface area contributed by atoms with E-state index >= 15 is 0 Å². The van der Waals surface area contributed by atoms with Crippen LogP contribution in [0.2, 0.25) is 0 Å². The van der Waals surface area contributed by atoms with Crippen LogP contribution in [0.5, 0.6) is 0 Å². The van der Waals surface area contributed by atoms with E-state index in [4.69, 9.17) is 12.2 Å². The van der Waals surface area contributed by atoms with Gasteiger partial charge in [0.05, 0.1) is 11.3 Å². The van der Waals surface area contributed by atoms with Crippen LogP contribution in [0.3, 0.4) is 0 Å². The smallest absolute Gasteiger partial charge is 0.349 e. The fraction of sp³-hybridized carbons (Fsp3) is 0.500. The lowest BCUT2D eigenvalue weighted by molar-refractivity contribution is -0.136. The highest BCUT2D eigenvalue weighted by atomic mass is 32.1. The molecule has 1 aromatic rings. The number of benzene rings is 1. The van der Waals surface area contributed by atoms with E-state index < -0.39 is 11.7 Å². The van der Waals surface area contributed by atoms with Gasteiger partial charge in [0.1, 0.15) is 0 Å². The van der Waals surface area contributed by atoms with Crippen molar-refractivity contribution in [3.63, 3.8) is 0 Å². The fourth-order valence-corrected chi connectivity index (χ4v) is 2.68. The molecule has 1 unspecified atom stereocenters. The molecule has 1 heterocycles. The first-order valence-corrected chi connectivity index (χ1v) is 7.01. The second kappa shape index (κ2) is 5.99. The normalized spacial score (nSPS) is 19.8. The molecule has 6 heteroatoms. The Bertz CT molecular complexity index is 488. The third kappa shape index (κ3) is 3.62. The summed E-state index contributed by atoms with van der Waals surface area (Å²) in [7, 11) is 0. The van der Waals surface area contributed by atoms with Gasteiger partial charge in [-0.1, -0.05) is 19.1 Å². The third-order valence-electron chi connectivity index (χ3n) is 3.42. The Morgan fingerprint density at radius 1 is 1.35 bits per heavy atom. The summed E-state index contributed by atoms with van der Waals surface area (Å²) in [6.07, 6.45) is -2.23. The van der Waals surface area contributed by atoms with Crippen molar-refractivity contribution in [3.05, 3.63) is 29.8 Å². The first kappa shape index (κ1) is 15.1. The second-order valence-electron chi connectivity index (χ2n) is 5.17. The first-order valence-electron chi connectivity index (χ1n) is 6.60. The molecule has 1 saturated heterocycles. The van der Waals surface area contributed by atoms with Crippen molar-refractivity contribution < 1.29 is 13.2 Å². The van der Waals surface area contributed by atoms with Gasteiger partial charge in [-0.15, -0.1) is 0 Å². The van der Waals surface area contributed by atoms with Crippen molar-refractivity contribution >= 4 is 23.0 Å². The Morgan fingerprint density at radius 2 is 2.05 bits per heavy atom. The highest BCUT2D eigenvalue weighted by molar-refractivity contribution is 7.80. The Morgan fingerprint density at radius 3 is 2.70 bits per heavy atom. The van der Waals surface area contributed by atoms with Crippen LogP contribution in [0, 0.1) is 5.92 Å². The molecule has 1 atom stereocenters. The van der Waals surface area contributed by atoms with Crippen LogP contribution in [-0.2, 0) is 6.18 Å². The molecular formula is C14H17F3N2S. The highest BCUT2D eigenvalue weighted by Crippen LogP contribution is 2.34. The van der Waals surface area contributed by atoms with Crippen molar-refractivity contribution in [3.8, 4) is 0 Å². The maximum Gasteiger partial charge on any atom is 0.418 e. The van der Waals surface area contributed by atoms with Gasteiger partial charge in [0.15, 0.2) is 5.11 Å². The van der Waals surface area contributed by atoms with Crippen LogP contribution in [0.1, 0.15) is 25.3 Å². The number of rotatable bonds is 1. The van der Waals surface area contributed by atoms with Crippen molar-refractivity contribution in [1.82, 2.24) is 4.90 Å². The molecule has 1 aliphatic heterocycles. The standard InChI is InChI=1S/C14H17F3N2S/c1-10-5-4-8-19(9-10)13(20)18-12-7-3-2-6-11(12)14(15,16)17/h2-3,6-7,10H,4-5,8-9H2,1H3,(H,18,20). The number of hydrogen-bond donors (Lipinski definition) is 1. The lowest BCUT2D eigenvalue weighted by Crippen LogP contribution is -2.41. The Balaban J connectivity index is 2.12. The number of nitrogens with one attached hydrogen (secondary N) is 1. The molecule has 0 spiro atoms. The summed E-state index contributed by atoms with van der Waals surface area (Å²) in [5.74, 6) is 0.515.